The molecule has 2 rings (SSSR count). The average Bonchev–Trinajstić information content (AvgIpc) is 2.85. The Morgan fingerprint density at radius 3 is 2.94 bits per heavy atom. The van der Waals surface area contributed by atoms with E-state index in [1.807, 2.05) is 6.92 Å². The monoisotopic (exact) mass is 240 g/mol. The molecule has 0 radical (unpaired) electrons. The van der Waals surface area contributed by atoms with Gasteiger partial charge in [0, 0.05) is 0 Å². The molecule has 6 heteroatoms. The summed E-state index contributed by atoms with van der Waals surface area (Å²) in [5.74, 6) is -0.220. The molecule has 2 unspecified atom stereocenters. The van der Waals surface area contributed by atoms with Gasteiger partial charge in [-0.3, -0.25) is 0 Å². The topological polar surface area (TPSA) is 87.6 Å². The molecule has 94 valence electrons. The molecule has 0 aromatic carbocycles. The predicted molar refractivity (Wildman–Crippen MR) is 59.4 cm³/mol. The average molecular weight is 240 g/mol. The molecule has 6 nitrogen and oxygen atoms in total. The van der Waals surface area contributed by atoms with E-state index in [1.165, 1.54) is 0 Å². The van der Waals surface area contributed by atoms with Crippen LogP contribution in [0.25, 0.3) is 0 Å². The highest BCUT2D eigenvalue weighted by atomic mass is 16.5. The molecule has 1 aromatic heterocycles. The summed E-state index contributed by atoms with van der Waals surface area (Å²) >= 11 is 0. The molecule has 17 heavy (non-hydrogen) atoms. The number of nitrogens with zero attached hydrogens (tertiary/aromatic N) is 1. The molecule has 2 atom stereocenters. The van der Waals surface area contributed by atoms with Gasteiger partial charge in [0.15, 0.2) is 0 Å². The number of rotatable bonds is 3. The van der Waals surface area contributed by atoms with Gasteiger partial charge < -0.3 is 19.6 Å². The van der Waals surface area contributed by atoms with Crippen molar-refractivity contribution in [2.45, 2.75) is 38.9 Å². The number of aromatic nitrogens is 1. The van der Waals surface area contributed by atoms with Crippen LogP contribution in [0.1, 0.15) is 49.2 Å². The third-order valence-corrected chi connectivity index (χ3v) is 2.65. The van der Waals surface area contributed by atoms with Crippen molar-refractivity contribution in [3.63, 3.8) is 0 Å². The molecule has 1 aliphatic rings. The maximum absolute atomic E-state index is 11.5. The maximum Gasteiger partial charge on any atom is 0.362 e. The number of anilines is 1. The van der Waals surface area contributed by atoms with E-state index in [4.69, 9.17) is 19.6 Å². The van der Waals surface area contributed by atoms with E-state index in [2.05, 4.69) is 4.98 Å². The largest absolute Gasteiger partial charge is 0.461 e. The molecular formula is C11H16N2O4. The Morgan fingerprint density at radius 2 is 2.35 bits per heavy atom. The van der Waals surface area contributed by atoms with Crippen LogP contribution >= 0.6 is 0 Å². The van der Waals surface area contributed by atoms with Gasteiger partial charge in [-0.05, 0) is 26.7 Å². The molecule has 1 fully saturated rings. The lowest BCUT2D eigenvalue weighted by Gasteiger charge is -2.05. The van der Waals surface area contributed by atoms with Crippen molar-refractivity contribution in [2.24, 2.45) is 0 Å². The Kier molecular flexibility index (Phi) is 3.33. The number of nitrogen functional groups attached to an aromatic ring is 1. The van der Waals surface area contributed by atoms with Gasteiger partial charge in [-0.2, -0.15) is 0 Å². The van der Waals surface area contributed by atoms with Gasteiger partial charge >= 0.3 is 5.97 Å². The number of carbonyl (C=O) groups is 1. The molecule has 0 saturated carbocycles. The fraction of sp³-hybridized carbons (Fsp3) is 0.636. The number of nitrogens with two attached hydrogens (primary N) is 1. The first kappa shape index (κ1) is 11.9. The first-order valence-electron chi connectivity index (χ1n) is 5.70. The van der Waals surface area contributed by atoms with Crippen LogP contribution in [-0.2, 0) is 9.47 Å². The molecule has 1 aliphatic heterocycles. The fourth-order valence-corrected chi connectivity index (χ4v) is 1.82. The van der Waals surface area contributed by atoms with Gasteiger partial charge in [-0.15, -0.1) is 0 Å². The second-order valence-electron chi connectivity index (χ2n) is 4.00. The van der Waals surface area contributed by atoms with Crippen molar-refractivity contribution in [1.82, 2.24) is 4.98 Å². The van der Waals surface area contributed by atoms with Crippen LogP contribution in [0.5, 0.6) is 0 Å². The highest BCUT2D eigenvalue weighted by Crippen LogP contribution is 2.33. The molecule has 0 amide bonds. The standard InChI is InChI=1S/C11H16N2O4/c1-3-15-11(14)8-9(12)17-10(13-8)7-5-4-6(2)16-7/h6-7H,3-5,12H2,1-2H3. The van der Waals surface area contributed by atoms with E-state index in [9.17, 15) is 4.79 Å². The number of carbonyl (C=O) groups excluding carboxylic acids is 1. The number of esters is 1. The van der Waals surface area contributed by atoms with Crippen LogP contribution in [0.4, 0.5) is 5.88 Å². The van der Waals surface area contributed by atoms with Crippen molar-refractivity contribution in [1.29, 1.82) is 0 Å². The van der Waals surface area contributed by atoms with Crippen LogP contribution in [0.2, 0.25) is 0 Å². The molecular weight excluding hydrogens is 224 g/mol. The molecule has 0 aliphatic carbocycles. The van der Waals surface area contributed by atoms with E-state index in [-0.39, 0.29) is 30.4 Å². The van der Waals surface area contributed by atoms with Gasteiger partial charge in [0.25, 0.3) is 0 Å². The van der Waals surface area contributed by atoms with Gasteiger partial charge in [0.2, 0.25) is 17.5 Å². The number of ether oxygens (including phenoxy) is 2. The summed E-state index contributed by atoms with van der Waals surface area (Å²) in [6, 6.07) is 0. The zero-order chi connectivity index (χ0) is 12.4. The third-order valence-electron chi connectivity index (χ3n) is 2.65. The Labute approximate surface area is 99.1 Å². The summed E-state index contributed by atoms with van der Waals surface area (Å²) in [4.78, 5) is 15.5. The lowest BCUT2D eigenvalue weighted by Crippen LogP contribution is -2.08. The second-order valence-corrected chi connectivity index (χ2v) is 4.00. The Balaban J connectivity index is 2.15. The summed E-state index contributed by atoms with van der Waals surface area (Å²) in [7, 11) is 0. The van der Waals surface area contributed by atoms with E-state index >= 15 is 0 Å². The van der Waals surface area contributed by atoms with Crippen molar-refractivity contribution >= 4 is 11.9 Å². The molecule has 0 spiro atoms. The van der Waals surface area contributed by atoms with Crippen LogP contribution in [0, 0.1) is 0 Å². The highest BCUT2D eigenvalue weighted by molar-refractivity contribution is 5.91. The van der Waals surface area contributed by atoms with Crippen molar-refractivity contribution in [2.75, 3.05) is 12.3 Å². The molecule has 2 N–H and O–H groups in total. The summed E-state index contributed by atoms with van der Waals surface area (Å²) < 4.78 is 15.7. The lowest BCUT2D eigenvalue weighted by atomic mass is 10.2. The van der Waals surface area contributed by atoms with Crippen molar-refractivity contribution in [3.05, 3.63) is 11.6 Å². The van der Waals surface area contributed by atoms with E-state index in [1.54, 1.807) is 6.92 Å². The minimum absolute atomic E-state index is 0.0124. The minimum Gasteiger partial charge on any atom is -0.461 e. The Hall–Kier alpha value is -1.56. The summed E-state index contributed by atoms with van der Waals surface area (Å²) in [5, 5.41) is 0. The van der Waals surface area contributed by atoms with Crippen LogP contribution in [0.15, 0.2) is 4.42 Å². The number of hydrogen-bond acceptors (Lipinski definition) is 6. The zero-order valence-corrected chi connectivity index (χ0v) is 9.93. The minimum atomic E-state index is -0.564. The molecule has 1 aromatic rings. The van der Waals surface area contributed by atoms with Crippen LogP contribution < -0.4 is 5.73 Å². The fourth-order valence-electron chi connectivity index (χ4n) is 1.82. The van der Waals surface area contributed by atoms with Crippen LogP contribution in [-0.4, -0.2) is 23.7 Å². The smallest absolute Gasteiger partial charge is 0.362 e. The number of hydrogen-bond donors (Lipinski definition) is 1. The maximum atomic E-state index is 11.5. The third kappa shape index (κ3) is 2.41. The Bertz CT molecular complexity index is 416. The van der Waals surface area contributed by atoms with Crippen molar-refractivity contribution in [3.8, 4) is 0 Å². The highest BCUT2D eigenvalue weighted by Gasteiger charge is 2.30. The van der Waals surface area contributed by atoms with Gasteiger partial charge in [0.1, 0.15) is 6.10 Å². The lowest BCUT2D eigenvalue weighted by molar-refractivity contribution is 0.0394. The molecule has 1 saturated heterocycles. The van der Waals surface area contributed by atoms with Crippen molar-refractivity contribution < 1.29 is 18.7 Å². The first-order chi connectivity index (χ1) is 8.11. The first-order valence-corrected chi connectivity index (χ1v) is 5.70. The zero-order valence-electron chi connectivity index (χ0n) is 9.93. The number of oxazole rings is 1. The van der Waals surface area contributed by atoms with Gasteiger partial charge in [-0.25, -0.2) is 9.78 Å². The SMILES string of the molecule is CCOC(=O)c1nc(C2CCC(C)O2)oc1N. The summed E-state index contributed by atoms with van der Waals surface area (Å²) in [6.07, 6.45) is 1.74. The molecule has 2 heterocycles. The van der Waals surface area contributed by atoms with Crippen LogP contribution in [0.3, 0.4) is 0 Å². The predicted octanol–water partition coefficient (Wildman–Crippen LogP) is 1.67. The molecule has 0 bridgehead atoms. The summed E-state index contributed by atoms with van der Waals surface area (Å²) in [6.45, 7) is 3.98. The van der Waals surface area contributed by atoms with E-state index in [0.717, 1.165) is 12.8 Å². The van der Waals surface area contributed by atoms with E-state index in [0.29, 0.717) is 5.89 Å². The Morgan fingerprint density at radius 1 is 1.59 bits per heavy atom. The van der Waals surface area contributed by atoms with E-state index < -0.39 is 5.97 Å². The second kappa shape index (κ2) is 4.75. The van der Waals surface area contributed by atoms with Gasteiger partial charge in [-0.1, -0.05) is 0 Å². The normalized spacial score (nSPS) is 23.9. The summed E-state index contributed by atoms with van der Waals surface area (Å²) in [5.41, 5.74) is 5.62. The van der Waals surface area contributed by atoms with Gasteiger partial charge in [0.05, 0.1) is 12.7 Å². The quantitative estimate of drug-likeness (QED) is 0.808.